The second-order valence-electron chi connectivity index (χ2n) is 6.32. The van der Waals surface area contributed by atoms with Crippen LogP contribution in [0, 0.1) is 5.92 Å². The van der Waals surface area contributed by atoms with E-state index in [1.165, 1.54) is 11.8 Å². The molecule has 1 amide bonds. The largest absolute Gasteiger partial charge is 0.286 e. The van der Waals surface area contributed by atoms with Gasteiger partial charge in [-0.1, -0.05) is 61.3 Å². The lowest BCUT2D eigenvalue weighted by Crippen LogP contribution is -2.32. The first-order valence-corrected chi connectivity index (χ1v) is 9.81. The number of halogens is 2. The van der Waals surface area contributed by atoms with Crippen molar-refractivity contribution in [2.75, 3.05) is 6.54 Å². The summed E-state index contributed by atoms with van der Waals surface area (Å²) in [5.74, 6) is 0.287. The fourth-order valence-corrected chi connectivity index (χ4v) is 3.78. The van der Waals surface area contributed by atoms with E-state index in [2.05, 4.69) is 18.8 Å². The smallest absolute Gasteiger partial charge is 0.266 e. The summed E-state index contributed by atoms with van der Waals surface area (Å²) in [6.45, 7) is 4.75. The molecule has 3 nitrogen and oxygen atoms in total. The first-order chi connectivity index (χ1) is 12.4. The summed E-state index contributed by atoms with van der Waals surface area (Å²) < 4.78 is 0. The minimum absolute atomic E-state index is 0.0375. The van der Waals surface area contributed by atoms with Crippen LogP contribution in [0.5, 0.6) is 0 Å². The van der Waals surface area contributed by atoms with Crippen LogP contribution >= 0.6 is 35.0 Å². The number of nitrogens with zero attached hydrogens (tertiary/aromatic N) is 2. The molecule has 0 unspecified atom stereocenters. The molecule has 0 N–H and O–H groups in total. The first-order valence-electron chi connectivity index (χ1n) is 8.24. The van der Waals surface area contributed by atoms with Crippen molar-refractivity contribution in [3.63, 3.8) is 0 Å². The van der Waals surface area contributed by atoms with E-state index >= 15 is 0 Å². The number of rotatable bonds is 4. The quantitative estimate of drug-likeness (QED) is 0.563. The molecule has 26 heavy (non-hydrogen) atoms. The van der Waals surface area contributed by atoms with Crippen molar-refractivity contribution < 1.29 is 4.79 Å². The monoisotopic (exact) mass is 404 g/mol. The van der Waals surface area contributed by atoms with E-state index in [0.717, 1.165) is 5.56 Å². The molecule has 0 aromatic heterocycles. The number of amidine groups is 1. The van der Waals surface area contributed by atoms with Crippen LogP contribution in [0.2, 0.25) is 10.0 Å². The molecule has 2 aromatic rings. The molecule has 134 valence electrons. The van der Waals surface area contributed by atoms with Crippen LogP contribution in [0.1, 0.15) is 19.4 Å². The van der Waals surface area contributed by atoms with Gasteiger partial charge in [-0.05, 0) is 53.6 Å². The Morgan fingerprint density at radius 1 is 1.12 bits per heavy atom. The Morgan fingerprint density at radius 3 is 2.46 bits per heavy atom. The average molecular weight is 405 g/mol. The number of thioether (sulfide) groups is 1. The first kappa shape index (κ1) is 19.0. The number of benzene rings is 2. The van der Waals surface area contributed by atoms with Crippen LogP contribution in [0.25, 0.3) is 6.08 Å². The second-order valence-corrected chi connectivity index (χ2v) is 8.17. The van der Waals surface area contributed by atoms with Gasteiger partial charge in [0.25, 0.3) is 5.91 Å². The summed E-state index contributed by atoms with van der Waals surface area (Å²) in [5.41, 5.74) is 1.58. The fraction of sp³-hybridized carbons (Fsp3) is 0.200. The molecular formula is C20H18Cl2N2OS. The molecule has 2 aromatic carbocycles. The molecule has 1 aliphatic heterocycles. The SMILES string of the molecule is CC(C)CN1C(=O)/C(=C\c2ccc(Cl)cc2)SC1=Nc1ccccc1Cl. The van der Waals surface area contributed by atoms with Crippen LogP contribution in [-0.4, -0.2) is 22.5 Å². The van der Waals surface area contributed by atoms with Crippen molar-refractivity contribution >= 4 is 57.8 Å². The summed E-state index contributed by atoms with van der Waals surface area (Å²) in [7, 11) is 0. The molecule has 1 saturated heterocycles. The van der Waals surface area contributed by atoms with Gasteiger partial charge in [0.1, 0.15) is 0 Å². The predicted molar refractivity (Wildman–Crippen MR) is 112 cm³/mol. The third-order valence-corrected chi connectivity index (χ3v) is 5.25. The molecule has 3 rings (SSSR count). The Hall–Kier alpha value is -1.75. The van der Waals surface area contributed by atoms with E-state index in [1.54, 1.807) is 11.0 Å². The maximum Gasteiger partial charge on any atom is 0.266 e. The highest BCUT2D eigenvalue weighted by Gasteiger charge is 2.33. The van der Waals surface area contributed by atoms with Crippen LogP contribution in [0.3, 0.4) is 0 Å². The van der Waals surface area contributed by atoms with E-state index in [4.69, 9.17) is 23.2 Å². The third kappa shape index (κ3) is 4.50. The maximum atomic E-state index is 12.9. The van der Waals surface area contributed by atoms with Gasteiger partial charge in [-0.25, -0.2) is 4.99 Å². The molecule has 0 bridgehead atoms. The number of hydrogen-bond acceptors (Lipinski definition) is 3. The number of para-hydroxylation sites is 1. The summed E-state index contributed by atoms with van der Waals surface area (Å²) in [5, 5.41) is 1.88. The zero-order valence-electron chi connectivity index (χ0n) is 14.4. The Morgan fingerprint density at radius 2 is 1.81 bits per heavy atom. The average Bonchev–Trinajstić information content (AvgIpc) is 2.87. The van der Waals surface area contributed by atoms with Crippen molar-refractivity contribution in [3.8, 4) is 0 Å². The number of amides is 1. The summed E-state index contributed by atoms with van der Waals surface area (Å²) in [6.07, 6.45) is 1.87. The van der Waals surface area contributed by atoms with Gasteiger partial charge in [-0.2, -0.15) is 0 Å². The predicted octanol–water partition coefficient (Wildman–Crippen LogP) is 6.25. The van der Waals surface area contributed by atoms with Crippen LogP contribution in [-0.2, 0) is 4.79 Å². The van der Waals surface area contributed by atoms with E-state index in [0.29, 0.717) is 38.3 Å². The minimum atomic E-state index is -0.0375. The number of hydrogen-bond donors (Lipinski definition) is 0. The zero-order valence-corrected chi connectivity index (χ0v) is 16.8. The normalized spacial score (nSPS) is 17.7. The van der Waals surface area contributed by atoms with Crippen LogP contribution in [0.4, 0.5) is 5.69 Å². The van der Waals surface area contributed by atoms with E-state index < -0.39 is 0 Å². The standard InChI is InChI=1S/C20H18Cl2N2OS/c1-13(2)12-24-19(25)18(11-14-7-9-15(21)10-8-14)26-20(24)23-17-6-4-3-5-16(17)22/h3-11,13H,12H2,1-2H3/b18-11+,23-20?. The minimum Gasteiger partial charge on any atom is -0.286 e. The number of carbonyl (C=O) groups is 1. The lowest BCUT2D eigenvalue weighted by atomic mass is 10.2. The van der Waals surface area contributed by atoms with Gasteiger partial charge in [-0.15, -0.1) is 0 Å². The molecule has 1 fully saturated rings. The zero-order chi connectivity index (χ0) is 18.7. The Labute approximate surface area is 167 Å². The van der Waals surface area contributed by atoms with Crippen molar-refractivity contribution in [1.29, 1.82) is 0 Å². The fourth-order valence-electron chi connectivity index (χ4n) is 2.47. The van der Waals surface area contributed by atoms with Crippen molar-refractivity contribution in [3.05, 3.63) is 69.0 Å². The number of aliphatic imine (C=N–C) groups is 1. The van der Waals surface area contributed by atoms with Gasteiger partial charge in [-0.3, -0.25) is 9.69 Å². The highest BCUT2D eigenvalue weighted by Crippen LogP contribution is 2.36. The Bertz CT molecular complexity index is 876. The van der Waals surface area contributed by atoms with Gasteiger partial charge in [0.15, 0.2) is 5.17 Å². The maximum absolute atomic E-state index is 12.9. The molecule has 0 spiro atoms. The number of carbonyl (C=O) groups excluding carboxylic acids is 1. The molecular weight excluding hydrogens is 387 g/mol. The molecule has 1 heterocycles. The van der Waals surface area contributed by atoms with Crippen molar-refractivity contribution in [2.24, 2.45) is 10.9 Å². The van der Waals surface area contributed by atoms with E-state index in [9.17, 15) is 4.79 Å². The van der Waals surface area contributed by atoms with Crippen molar-refractivity contribution in [2.45, 2.75) is 13.8 Å². The van der Waals surface area contributed by atoms with Gasteiger partial charge in [0.2, 0.25) is 0 Å². The molecule has 1 aliphatic rings. The Kier molecular flexibility index (Phi) is 6.07. The molecule has 0 atom stereocenters. The third-order valence-electron chi connectivity index (χ3n) is 3.67. The highest BCUT2D eigenvalue weighted by molar-refractivity contribution is 8.18. The van der Waals surface area contributed by atoms with Gasteiger partial charge in [0.05, 0.1) is 15.6 Å². The van der Waals surface area contributed by atoms with Crippen LogP contribution in [0.15, 0.2) is 58.4 Å². The van der Waals surface area contributed by atoms with Gasteiger partial charge < -0.3 is 0 Å². The molecule has 6 heteroatoms. The summed E-state index contributed by atoms with van der Waals surface area (Å²) in [4.78, 5) is 19.9. The summed E-state index contributed by atoms with van der Waals surface area (Å²) >= 11 is 13.5. The molecule has 0 radical (unpaired) electrons. The van der Waals surface area contributed by atoms with E-state index in [-0.39, 0.29) is 5.91 Å². The molecule has 0 saturated carbocycles. The topological polar surface area (TPSA) is 32.7 Å². The second kappa shape index (κ2) is 8.30. The summed E-state index contributed by atoms with van der Waals surface area (Å²) in [6, 6.07) is 14.8. The Balaban J connectivity index is 1.97. The highest BCUT2D eigenvalue weighted by atomic mass is 35.5. The van der Waals surface area contributed by atoms with Gasteiger partial charge >= 0.3 is 0 Å². The lowest BCUT2D eigenvalue weighted by Gasteiger charge is -2.17. The molecule has 0 aliphatic carbocycles. The lowest BCUT2D eigenvalue weighted by molar-refractivity contribution is -0.122. The van der Waals surface area contributed by atoms with Crippen LogP contribution < -0.4 is 0 Å². The van der Waals surface area contributed by atoms with Crippen molar-refractivity contribution in [1.82, 2.24) is 4.90 Å². The van der Waals surface area contributed by atoms with E-state index in [1.807, 2.05) is 48.5 Å². The van der Waals surface area contributed by atoms with Gasteiger partial charge in [0, 0.05) is 11.6 Å².